The van der Waals surface area contributed by atoms with Gasteiger partial charge in [-0.2, -0.15) is 0 Å². The third-order valence-corrected chi connectivity index (χ3v) is 2.67. The van der Waals surface area contributed by atoms with Crippen molar-refractivity contribution in [1.29, 1.82) is 0 Å². The highest BCUT2D eigenvalue weighted by Crippen LogP contribution is 2.12. The Balaban J connectivity index is 2.09. The molecule has 0 spiro atoms. The molecule has 2 nitrogen and oxygen atoms in total. The van der Waals surface area contributed by atoms with Gasteiger partial charge in [0.1, 0.15) is 0 Å². The molecule has 0 fully saturated rings. The fourth-order valence-electron chi connectivity index (χ4n) is 1.66. The van der Waals surface area contributed by atoms with Crippen LogP contribution in [-0.2, 0) is 0 Å². The highest BCUT2D eigenvalue weighted by molar-refractivity contribution is 5.87. The van der Waals surface area contributed by atoms with Gasteiger partial charge >= 0.3 is 5.97 Å². The Morgan fingerprint density at radius 3 is 2.56 bits per heavy atom. The maximum Gasteiger partial charge on any atom is 0.335 e. The molecule has 1 N–H and O–H groups in total. The molecule has 0 heterocycles. The van der Waals surface area contributed by atoms with Crippen LogP contribution in [0.4, 0.5) is 0 Å². The van der Waals surface area contributed by atoms with Crippen molar-refractivity contribution >= 4 is 12.0 Å². The van der Waals surface area contributed by atoms with E-state index in [9.17, 15) is 4.79 Å². The lowest BCUT2D eigenvalue weighted by molar-refractivity contribution is 0.0697. The minimum atomic E-state index is -0.896. The second kappa shape index (κ2) is 5.82. The molecule has 0 amide bonds. The maximum absolute atomic E-state index is 10.7. The number of allylic oxidation sites excluding steroid dienone is 7. The first kappa shape index (κ1) is 12.1. The molecule has 0 aromatic heterocycles. The van der Waals surface area contributed by atoms with E-state index < -0.39 is 5.97 Å². The number of hydrogen-bond donors (Lipinski definition) is 1. The van der Waals surface area contributed by atoms with E-state index in [1.54, 1.807) is 12.1 Å². The normalized spacial score (nSPS) is 14.6. The highest BCUT2D eigenvalue weighted by atomic mass is 16.4. The Kier molecular flexibility index (Phi) is 3.92. The van der Waals surface area contributed by atoms with Gasteiger partial charge in [-0.15, -0.1) is 0 Å². The molecule has 1 aliphatic carbocycles. The Morgan fingerprint density at radius 1 is 1.06 bits per heavy atom. The van der Waals surface area contributed by atoms with Crippen molar-refractivity contribution < 1.29 is 9.90 Å². The van der Waals surface area contributed by atoms with E-state index >= 15 is 0 Å². The molecule has 0 radical (unpaired) electrons. The molecule has 2 heteroatoms. The summed E-state index contributed by atoms with van der Waals surface area (Å²) in [5, 5.41) is 8.80. The van der Waals surface area contributed by atoms with Crippen LogP contribution in [0, 0.1) is 0 Å². The molecular formula is C16H14O2. The van der Waals surface area contributed by atoms with Crippen LogP contribution in [0.25, 0.3) is 6.08 Å². The smallest absolute Gasteiger partial charge is 0.335 e. The van der Waals surface area contributed by atoms with Gasteiger partial charge in [0.15, 0.2) is 0 Å². The first-order chi connectivity index (χ1) is 8.75. The van der Waals surface area contributed by atoms with Gasteiger partial charge in [0.2, 0.25) is 0 Å². The van der Waals surface area contributed by atoms with Crippen molar-refractivity contribution in [3.63, 3.8) is 0 Å². The molecular weight excluding hydrogens is 224 g/mol. The predicted octanol–water partition coefficient (Wildman–Crippen LogP) is 3.84. The number of aromatic carboxylic acids is 1. The fourth-order valence-corrected chi connectivity index (χ4v) is 1.66. The first-order valence-corrected chi connectivity index (χ1v) is 5.79. The molecule has 0 bridgehead atoms. The third kappa shape index (κ3) is 3.32. The Hall–Kier alpha value is -2.35. The molecule has 0 aliphatic heterocycles. The quantitative estimate of drug-likeness (QED) is 0.868. The summed E-state index contributed by atoms with van der Waals surface area (Å²) in [6.45, 7) is 0. The summed E-state index contributed by atoms with van der Waals surface area (Å²) in [5.74, 6) is -0.896. The summed E-state index contributed by atoms with van der Waals surface area (Å²) in [6, 6.07) is 6.85. The number of rotatable bonds is 3. The Bertz CT molecular complexity index is 543. The van der Waals surface area contributed by atoms with Crippen LogP contribution in [0.2, 0.25) is 0 Å². The second-order valence-electron chi connectivity index (χ2n) is 4.02. The van der Waals surface area contributed by atoms with Crippen LogP contribution in [0.3, 0.4) is 0 Å². The largest absolute Gasteiger partial charge is 0.478 e. The number of carboxylic acids is 1. The van der Waals surface area contributed by atoms with Crippen molar-refractivity contribution in [2.75, 3.05) is 0 Å². The summed E-state index contributed by atoms with van der Waals surface area (Å²) in [4.78, 5) is 10.7. The van der Waals surface area contributed by atoms with Crippen LogP contribution in [-0.4, -0.2) is 11.1 Å². The molecule has 2 rings (SSSR count). The van der Waals surface area contributed by atoms with Crippen molar-refractivity contribution in [3.8, 4) is 0 Å². The van der Waals surface area contributed by atoms with Gasteiger partial charge in [0, 0.05) is 0 Å². The molecule has 1 aromatic rings. The van der Waals surface area contributed by atoms with Gasteiger partial charge in [-0.05, 0) is 29.7 Å². The summed E-state index contributed by atoms with van der Waals surface area (Å²) in [6.07, 6.45) is 15.2. The Labute approximate surface area is 106 Å². The molecule has 0 saturated carbocycles. The monoisotopic (exact) mass is 238 g/mol. The van der Waals surface area contributed by atoms with Gasteiger partial charge in [-0.25, -0.2) is 4.79 Å². The maximum atomic E-state index is 10.7. The minimum absolute atomic E-state index is 0.312. The van der Waals surface area contributed by atoms with Gasteiger partial charge in [0.25, 0.3) is 0 Å². The zero-order chi connectivity index (χ0) is 12.8. The van der Waals surface area contributed by atoms with Crippen molar-refractivity contribution in [2.24, 2.45) is 0 Å². The number of carboxylic acid groups (broad SMARTS) is 1. The SMILES string of the molecule is O=C(O)c1ccc(C=CC2=CC=CC=CC2)cc1. The summed E-state index contributed by atoms with van der Waals surface area (Å²) >= 11 is 0. The van der Waals surface area contributed by atoms with Crippen molar-refractivity contribution in [2.45, 2.75) is 6.42 Å². The van der Waals surface area contributed by atoms with Crippen LogP contribution < -0.4 is 0 Å². The number of carbonyl (C=O) groups is 1. The molecule has 0 unspecified atom stereocenters. The predicted molar refractivity (Wildman–Crippen MR) is 73.4 cm³/mol. The zero-order valence-corrected chi connectivity index (χ0v) is 9.91. The van der Waals surface area contributed by atoms with Gasteiger partial charge < -0.3 is 5.11 Å². The van der Waals surface area contributed by atoms with E-state index in [0.29, 0.717) is 5.56 Å². The van der Waals surface area contributed by atoms with E-state index in [2.05, 4.69) is 18.2 Å². The topological polar surface area (TPSA) is 37.3 Å². The fraction of sp³-hybridized carbons (Fsp3) is 0.0625. The van der Waals surface area contributed by atoms with Crippen molar-refractivity contribution in [1.82, 2.24) is 0 Å². The zero-order valence-electron chi connectivity index (χ0n) is 9.91. The first-order valence-electron chi connectivity index (χ1n) is 5.79. The van der Waals surface area contributed by atoms with Crippen LogP contribution >= 0.6 is 0 Å². The van der Waals surface area contributed by atoms with Crippen LogP contribution in [0.15, 0.2) is 66.3 Å². The average Bonchev–Trinajstić information content (AvgIpc) is 2.65. The molecule has 1 aliphatic rings. The van der Waals surface area contributed by atoms with E-state index in [1.807, 2.05) is 36.4 Å². The molecule has 18 heavy (non-hydrogen) atoms. The minimum Gasteiger partial charge on any atom is -0.478 e. The molecule has 0 atom stereocenters. The molecule has 0 saturated heterocycles. The lowest BCUT2D eigenvalue weighted by Crippen LogP contribution is -1.94. The van der Waals surface area contributed by atoms with Gasteiger partial charge in [-0.1, -0.05) is 54.7 Å². The van der Waals surface area contributed by atoms with E-state index in [1.165, 1.54) is 5.57 Å². The Morgan fingerprint density at radius 2 is 1.83 bits per heavy atom. The lowest BCUT2D eigenvalue weighted by atomic mass is 10.1. The highest BCUT2D eigenvalue weighted by Gasteiger charge is 2.00. The standard InChI is InChI=1S/C16H14O2/c17-16(18)15-11-9-14(10-12-15)8-7-13-5-3-1-2-4-6-13/h1-5,7-12H,6H2,(H,17,18). The summed E-state index contributed by atoms with van der Waals surface area (Å²) < 4.78 is 0. The van der Waals surface area contributed by atoms with Crippen LogP contribution in [0.1, 0.15) is 22.3 Å². The van der Waals surface area contributed by atoms with E-state index in [4.69, 9.17) is 5.11 Å². The molecule has 90 valence electrons. The van der Waals surface area contributed by atoms with E-state index in [0.717, 1.165) is 12.0 Å². The second-order valence-corrected chi connectivity index (χ2v) is 4.02. The number of benzene rings is 1. The van der Waals surface area contributed by atoms with Crippen molar-refractivity contribution in [3.05, 3.63) is 77.4 Å². The summed E-state index contributed by atoms with van der Waals surface area (Å²) in [7, 11) is 0. The number of hydrogen-bond acceptors (Lipinski definition) is 1. The van der Waals surface area contributed by atoms with Gasteiger partial charge in [0.05, 0.1) is 5.56 Å². The van der Waals surface area contributed by atoms with Gasteiger partial charge in [-0.3, -0.25) is 0 Å². The third-order valence-electron chi connectivity index (χ3n) is 2.67. The lowest BCUT2D eigenvalue weighted by Gasteiger charge is -1.97. The van der Waals surface area contributed by atoms with Crippen LogP contribution in [0.5, 0.6) is 0 Å². The average molecular weight is 238 g/mol. The molecule has 1 aromatic carbocycles. The summed E-state index contributed by atoms with van der Waals surface area (Å²) in [5.41, 5.74) is 2.53. The van der Waals surface area contributed by atoms with E-state index in [-0.39, 0.29) is 0 Å².